The molecule has 2 aliphatic rings. The topological polar surface area (TPSA) is 49.6 Å². The number of hydrogen-bond acceptors (Lipinski definition) is 4. The lowest BCUT2D eigenvalue weighted by Crippen LogP contribution is -2.31. The van der Waals surface area contributed by atoms with Gasteiger partial charge in [-0.2, -0.15) is 5.26 Å². The van der Waals surface area contributed by atoms with Gasteiger partial charge in [-0.1, -0.05) is 169 Å². The van der Waals surface area contributed by atoms with Crippen LogP contribution in [0.25, 0.3) is 66.9 Å². The highest BCUT2D eigenvalue weighted by Gasteiger charge is 2.51. The molecule has 0 amide bonds. The van der Waals surface area contributed by atoms with E-state index in [4.69, 9.17) is 9.97 Å². The van der Waals surface area contributed by atoms with Gasteiger partial charge in [0, 0.05) is 32.0 Å². The van der Waals surface area contributed by atoms with Crippen molar-refractivity contribution in [1.82, 2.24) is 9.97 Å². The molecule has 0 bridgehead atoms. The molecular weight excluding hydrogens is 699 g/mol. The molecule has 0 unspecified atom stereocenters. The summed E-state index contributed by atoms with van der Waals surface area (Å²) in [5.74, 6) is 0.671. The van der Waals surface area contributed by atoms with Gasteiger partial charge in [-0.15, -0.1) is 0 Å². The highest BCUT2D eigenvalue weighted by molar-refractivity contribution is 7.99. The van der Waals surface area contributed by atoms with Crippen LogP contribution in [-0.4, -0.2) is 9.97 Å². The van der Waals surface area contributed by atoms with Gasteiger partial charge < -0.3 is 0 Å². The van der Waals surface area contributed by atoms with Crippen molar-refractivity contribution >= 4 is 22.5 Å². The molecule has 1 aromatic heterocycles. The maximum atomic E-state index is 10.4. The zero-order valence-electron chi connectivity index (χ0n) is 30.1. The summed E-state index contributed by atoms with van der Waals surface area (Å²) in [7, 11) is 0. The van der Waals surface area contributed by atoms with Crippen LogP contribution in [-0.2, 0) is 5.41 Å². The molecular formula is C52H31N3S. The quantitative estimate of drug-likeness (QED) is 0.181. The molecule has 260 valence electrons. The van der Waals surface area contributed by atoms with E-state index >= 15 is 0 Å². The van der Waals surface area contributed by atoms with E-state index in [0.717, 1.165) is 55.7 Å². The number of fused-ring (bicyclic) bond motifs is 10. The number of aromatic nitrogens is 2. The van der Waals surface area contributed by atoms with E-state index in [2.05, 4.69) is 158 Å². The summed E-state index contributed by atoms with van der Waals surface area (Å²) in [6, 6.07) is 68.9. The average Bonchev–Trinajstić information content (AvgIpc) is 3.57. The molecule has 0 saturated heterocycles. The van der Waals surface area contributed by atoms with Gasteiger partial charge in [0.25, 0.3) is 0 Å². The van der Waals surface area contributed by atoms with Gasteiger partial charge in [-0.05, 0) is 80.0 Å². The molecule has 56 heavy (non-hydrogen) atoms. The summed E-state index contributed by atoms with van der Waals surface area (Å²) in [6.45, 7) is 0. The van der Waals surface area contributed by atoms with E-state index in [1.807, 2.05) is 48.2 Å². The van der Waals surface area contributed by atoms with Crippen molar-refractivity contribution in [3.05, 3.63) is 216 Å². The monoisotopic (exact) mass is 729 g/mol. The predicted molar refractivity (Wildman–Crippen MR) is 227 cm³/mol. The first-order chi connectivity index (χ1) is 27.7. The van der Waals surface area contributed by atoms with Gasteiger partial charge in [0.15, 0.2) is 5.82 Å². The molecule has 1 spiro atoms. The molecule has 11 rings (SSSR count). The Kier molecular flexibility index (Phi) is 7.38. The van der Waals surface area contributed by atoms with Crippen LogP contribution in [0.15, 0.2) is 198 Å². The second-order valence-corrected chi connectivity index (χ2v) is 15.4. The van der Waals surface area contributed by atoms with Crippen molar-refractivity contribution in [3.8, 4) is 62.2 Å². The largest absolute Gasteiger partial charge is 0.228 e. The van der Waals surface area contributed by atoms with Crippen molar-refractivity contribution in [2.24, 2.45) is 0 Å². The Morgan fingerprint density at radius 2 is 1.00 bits per heavy atom. The minimum atomic E-state index is -0.604. The molecule has 4 heteroatoms. The summed E-state index contributed by atoms with van der Waals surface area (Å²) in [4.78, 5) is 13.1. The van der Waals surface area contributed by atoms with E-state index < -0.39 is 5.41 Å². The van der Waals surface area contributed by atoms with Gasteiger partial charge in [0.05, 0.1) is 28.4 Å². The Bertz CT molecular complexity index is 3040. The van der Waals surface area contributed by atoms with E-state index in [0.29, 0.717) is 11.4 Å². The normalized spacial score (nSPS) is 13.1. The Labute approximate surface area is 329 Å². The number of nitriles is 1. The standard InChI is InChI=1S/C52H31N3S/c53-32-37-18-6-7-19-38(37)39-20-12-24-43-49(39)50-40(21-13-25-44(50)52(43)41-22-8-10-26-47(41)56-48-27-11-9-23-42(48)52)46-31-45(54-51(55-46)34-15-2-1-3-16-34)36-29-28-33-14-4-5-17-35(33)30-36/h1-31H. The molecule has 3 nitrogen and oxygen atoms in total. The van der Waals surface area contributed by atoms with Crippen molar-refractivity contribution in [2.45, 2.75) is 15.2 Å². The number of nitrogens with zero attached hydrogens (tertiary/aromatic N) is 3. The second kappa shape index (κ2) is 12.8. The molecule has 9 aromatic rings. The maximum absolute atomic E-state index is 10.4. The first-order valence-electron chi connectivity index (χ1n) is 18.8. The van der Waals surface area contributed by atoms with Crippen molar-refractivity contribution in [1.29, 1.82) is 5.26 Å². The molecule has 0 N–H and O–H groups in total. The van der Waals surface area contributed by atoms with E-state index in [1.54, 1.807) is 0 Å². The smallest absolute Gasteiger partial charge is 0.160 e. The highest BCUT2D eigenvalue weighted by atomic mass is 32.2. The van der Waals surface area contributed by atoms with Crippen LogP contribution in [0.1, 0.15) is 27.8 Å². The molecule has 1 aliphatic carbocycles. The molecule has 0 saturated carbocycles. The summed E-state index contributed by atoms with van der Waals surface area (Å²) in [5.41, 5.74) is 13.9. The first kappa shape index (κ1) is 32.4. The number of hydrogen-bond donors (Lipinski definition) is 0. The maximum Gasteiger partial charge on any atom is 0.160 e. The lowest BCUT2D eigenvalue weighted by molar-refractivity contribution is 0.722. The van der Waals surface area contributed by atoms with Crippen LogP contribution in [0, 0.1) is 11.3 Å². The molecule has 0 fully saturated rings. The van der Waals surface area contributed by atoms with Crippen molar-refractivity contribution < 1.29 is 0 Å². The minimum Gasteiger partial charge on any atom is -0.228 e. The summed E-state index contributed by atoms with van der Waals surface area (Å²) in [6.07, 6.45) is 0. The Balaban J connectivity index is 1.27. The minimum absolute atomic E-state index is 0.604. The van der Waals surface area contributed by atoms with Crippen LogP contribution >= 0.6 is 11.8 Å². The molecule has 0 radical (unpaired) electrons. The van der Waals surface area contributed by atoms with Crippen molar-refractivity contribution in [2.75, 3.05) is 0 Å². The van der Waals surface area contributed by atoms with Crippen LogP contribution in [0.2, 0.25) is 0 Å². The van der Waals surface area contributed by atoms with Gasteiger partial charge in [-0.25, -0.2) is 9.97 Å². The fourth-order valence-electron chi connectivity index (χ4n) is 9.04. The van der Waals surface area contributed by atoms with Crippen LogP contribution in [0.5, 0.6) is 0 Å². The van der Waals surface area contributed by atoms with Crippen molar-refractivity contribution in [3.63, 3.8) is 0 Å². The fraction of sp³-hybridized carbons (Fsp3) is 0.0192. The van der Waals surface area contributed by atoms with E-state index in [-0.39, 0.29) is 0 Å². The fourth-order valence-corrected chi connectivity index (χ4v) is 10.2. The van der Waals surface area contributed by atoms with Crippen LogP contribution in [0.4, 0.5) is 0 Å². The number of benzene rings is 8. The average molecular weight is 730 g/mol. The van der Waals surface area contributed by atoms with E-state index in [9.17, 15) is 5.26 Å². The highest BCUT2D eigenvalue weighted by Crippen LogP contribution is 2.64. The zero-order valence-corrected chi connectivity index (χ0v) is 31.0. The Hall–Kier alpha value is -7.06. The van der Waals surface area contributed by atoms with Gasteiger partial charge in [-0.3, -0.25) is 0 Å². The SMILES string of the molecule is N#Cc1ccccc1-c1cccc2c1-c1c(-c3cc(-c4ccc5ccccc5c4)nc(-c4ccccc4)n3)cccc1C21c2ccccc2Sc2ccccc21. The zero-order chi connectivity index (χ0) is 37.2. The lowest BCUT2D eigenvalue weighted by atomic mass is 9.67. The first-order valence-corrected chi connectivity index (χ1v) is 19.6. The second-order valence-electron chi connectivity index (χ2n) is 14.3. The van der Waals surface area contributed by atoms with Crippen LogP contribution in [0.3, 0.4) is 0 Å². The molecule has 8 aromatic carbocycles. The Morgan fingerprint density at radius 3 is 1.75 bits per heavy atom. The van der Waals surface area contributed by atoms with Gasteiger partial charge in [0.2, 0.25) is 0 Å². The van der Waals surface area contributed by atoms with Gasteiger partial charge in [0.1, 0.15) is 0 Å². The molecule has 2 heterocycles. The van der Waals surface area contributed by atoms with E-state index in [1.165, 1.54) is 37.4 Å². The summed E-state index contributed by atoms with van der Waals surface area (Å²) < 4.78 is 0. The number of rotatable bonds is 4. The summed E-state index contributed by atoms with van der Waals surface area (Å²) >= 11 is 1.84. The third-order valence-electron chi connectivity index (χ3n) is 11.4. The summed E-state index contributed by atoms with van der Waals surface area (Å²) in [5, 5.41) is 12.8. The third kappa shape index (κ3) is 4.78. The van der Waals surface area contributed by atoms with Gasteiger partial charge >= 0.3 is 0 Å². The molecule has 1 aliphatic heterocycles. The predicted octanol–water partition coefficient (Wildman–Crippen LogP) is 13.0. The molecule has 0 atom stereocenters. The Morgan fingerprint density at radius 1 is 0.429 bits per heavy atom. The third-order valence-corrected chi connectivity index (χ3v) is 12.6. The lowest BCUT2D eigenvalue weighted by Gasteiger charge is -2.39. The van der Waals surface area contributed by atoms with Crippen LogP contribution < -0.4 is 0 Å².